The van der Waals surface area contributed by atoms with Crippen LogP contribution >= 0.6 is 0 Å². The average molecular weight is 493 g/mol. The van der Waals surface area contributed by atoms with E-state index in [0.717, 1.165) is 0 Å². The van der Waals surface area contributed by atoms with Crippen molar-refractivity contribution in [2.45, 2.75) is 76.5 Å². The van der Waals surface area contributed by atoms with Crippen molar-refractivity contribution in [3.8, 4) is 5.75 Å². The van der Waals surface area contributed by atoms with Gasteiger partial charge in [0, 0.05) is 30.1 Å². The molecule has 35 heavy (non-hydrogen) atoms. The van der Waals surface area contributed by atoms with Gasteiger partial charge in [0.2, 0.25) is 0 Å². The molecule has 1 aliphatic rings. The molecule has 8 heteroatoms. The van der Waals surface area contributed by atoms with Gasteiger partial charge in [-0.05, 0) is 69.7 Å². The van der Waals surface area contributed by atoms with Crippen LogP contribution in [0.5, 0.6) is 5.75 Å². The van der Waals surface area contributed by atoms with E-state index < -0.39 is 30.0 Å². The van der Waals surface area contributed by atoms with Gasteiger partial charge in [0.1, 0.15) is 5.75 Å². The summed E-state index contributed by atoms with van der Waals surface area (Å²) in [5.74, 6) is -0.818. The first-order chi connectivity index (χ1) is 17.0. The Morgan fingerprint density at radius 2 is 1.74 bits per heavy atom. The van der Waals surface area contributed by atoms with Crippen molar-refractivity contribution in [3.05, 3.63) is 65.2 Å². The average Bonchev–Trinajstić information content (AvgIpc) is 3.64. The second-order valence-corrected chi connectivity index (χ2v) is 9.18. The standard InChI is InChI=1S/C27H32F3NO4/c1-19(2)31(18-21-8-5-6-9-23(21)35-17-7-3-4-10-24(32)33)25(34)20-11-13-22(14-12-20)26(15-16-26)27(28,29)30/h5-6,8-9,11-14,19H,3-4,7,10,15-18H2,1-2H3,(H,32,33)/i18D. The summed E-state index contributed by atoms with van der Waals surface area (Å²) < 4.78 is 55.1. The number of carbonyl (C=O) groups excluding carboxylic acids is 1. The topological polar surface area (TPSA) is 66.8 Å². The Morgan fingerprint density at radius 3 is 2.31 bits per heavy atom. The van der Waals surface area contributed by atoms with E-state index in [1.807, 2.05) is 0 Å². The minimum atomic E-state index is -4.32. The monoisotopic (exact) mass is 492 g/mol. The zero-order valence-corrected chi connectivity index (χ0v) is 20.0. The first-order valence-electron chi connectivity index (χ1n) is 12.4. The molecular weight excluding hydrogens is 459 g/mol. The Balaban J connectivity index is 1.73. The van der Waals surface area contributed by atoms with Crippen LogP contribution in [0.1, 0.15) is 75.2 Å². The molecule has 0 saturated heterocycles. The molecule has 1 saturated carbocycles. The van der Waals surface area contributed by atoms with Gasteiger partial charge in [0.25, 0.3) is 5.91 Å². The number of ether oxygens (including phenoxy) is 1. The highest BCUT2D eigenvalue weighted by atomic mass is 19.4. The van der Waals surface area contributed by atoms with Crippen molar-refractivity contribution < 1.29 is 34.0 Å². The summed E-state index contributed by atoms with van der Waals surface area (Å²) in [4.78, 5) is 25.4. The molecule has 1 fully saturated rings. The number of carbonyl (C=O) groups is 2. The molecule has 1 aliphatic carbocycles. The van der Waals surface area contributed by atoms with E-state index in [1.165, 1.54) is 29.2 Å². The molecule has 1 atom stereocenters. The summed E-state index contributed by atoms with van der Waals surface area (Å²) in [6, 6.07) is 12.1. The number of alkyl halides is 3. The SMILES string of the molecule is [2H]C(c1ccccc1OCCCCCC(=O)O)N(C(=O)c1ccc(C2(C(F)(F)F)CC2)cc1)C(C)C. The smallest absolute Gasteiger partial charge is 0.398 e. The van der Waals surface area contributed by atoms with Crippen molar-refractivity contribution in [2.24, 2.45) is 0 Å². The third-order valence-electron chi connectivity index (χ3n) is 6.26. The maximum absolute atomic E-state index is 13.5. The summed E-state index contributed by atoms with van der Waals surface area (Å²) in [5.41, 5.74) is -0.934. The van der Waals surface area contributed by atoms with Crippen LogP contribution in [0.3, 0.4) is 0 Å². The normalized spacial score (nSPS) is 15.9. The lowest BCUT2D eigenvalue weighted by molar-refractivity contribution is -0.160. The van der Waals surface area contributed by atoms with Crippen molar-refractivity contribution in [1.82, 2.24) is 4.90 Å². The highest BCUT2D eigenvalue weighted by Crippen LogP contribution is 2.58. The number of nitrogens with zero attached hydrogens (tertiary/aromatic N) is 1. The first kappa shape index (κ1) is 25.1. The number of benzene rings is 2. The zero-order chi connectivity index (χ0) is 26.5. The predicted molar refractivity (Wildman–Crippen MR) is 126 cm³/mol. The van der Waals surface area contributed by atoms with Crippen LogP contribution in [0.4, 0.5) is 13.2 Å². The van der Waals surface area contributed by atoms with Crippen LogP contribution in [-0.2, 0) is 16.7 Å². The Bertz CT molecular complexity index is 1050. The summed E-state index contributed by atoms with van der Waals surface area (Å²) in [6.07, 6.45) is -2.21. The summed E-state index contributed by atoms with van der Waals surface area (Å²) in [7, 11) is 0. The number of unbranched alkanes of at least 4 members (excludes halogenated alkanes) is 2. The van der Waals surface area contributed by atoms with Crippen LogP contribution in [0, 0.1) is 0 Å². The Hall–Kier alpha value is -3.03. The van der Waals surface area contributed by atoms with Crippen LogP contribution in [0.25, 0.3) is 0 Å². The number of halogens is 3. The quantitative estimate of drug-likeness (QED) is 0.351. The van der Waals surface area contributed by atoms with Gasteiger partial charge in [-0.1, -0.05) is 30.3 Å². The number of hydrogen-bond donors (Lipinski definition) is 1. The molecule has 0 aromatic heterocycles. The first-order valence-corrected chi connectivity index (χ1v) is 11.8. The van der Waals surface area contributed by atoms with Gasteiger partial charge < -0.3 is 14.7 Å². The van der Waals surface area contributed by atoms with E-state index in [9.17, 15) is 22.8 Å². The Kier molecular flexibility index (Phi) is 7.98. The van der Waals surface area contributed by atoms with Crippen molar-refractivity contribution >= 4 is 11.9 Å². The summed E-state index contributed by atoms with van der Waals surface area (Å²) in [6.45, 7) is 2.82. The van der Waals surface area contributed by atoms with Gasteiger partial charge in [-0.3, -0.25) is 9.59 Å². The molecule has 0 radical (unpaired) electrons. The van der Waals surface area contributed by atoms with Gasteiger partial charge in [0.15, 0.2) is 0 Å². The van der Waals surface area contributed by atoms with Gasteiger partial charge >= 0.3 is 12.1 Å². The van der Waals surface area contributed by atoms with E-state index in [1.54, 1.807) is 38.1 Å². The molecule has 2 aromatic rings. The molecule has 3 rings (SSSR count). The lowest BCUT2D eigenvalue weighted by Gasteiger charge is -2.28. The molecule has 1 unspecified atom stereocenters. The van der Waals surface area contributed by atoms with Crippen molar-refractivity contribution in [2.75, 3.05) is 6.61 Å². The fourth-order valence-corrected chi connectivity index (χ4v) is 3.99. The number of amides is 1. The highest BCUT2D eigenvalue weighted by molar-refractivity contribution is 5.94. The second-order valence-electron chi connectivity index (χ2n) is 9.18. The molecular formula is C27H32F3NO4. The molecule has 0 aliphatic heterocycles. The van der Waals surface area contributed by atoms with E-state index in [0.29, 0.717) is 37.2 Å². The summed E-state index contributed by atoms with van der Waals surface area (Å²) >= 11 is 0. The largest absolute Gasteiger partial charge is 0.493 e. The molecule has 0 spiro atoms. The second kappa shape index (κ2) is 11.1. The minimum absolute atomic E-state index is 0.0487. The third kappa shape index (κ3) is 6.55. The van der Waals surface area contributed by atoms with Crippen molar-refractivity contribution in [1.29, 1.82) is 0 Å². The predicted octanol–water partition coefficient (Wildman–Crippen LogP) is 6.36. The molecule has 0 heterocycles. The molecule has 2 aromatic carbocycles. The minimum Gasteiger partial charge on any atom is -0.493 e. The van der Waals surface area contributed by atoms with E-state index in [2.05, 4.69) is 0 Å². The van der Waals surface area contributed by atoms with Crippen LogP contribution in [0.15, 0.2) is 48.5 Å². The van der Waals surface area contributed by atoms with Gasteiger partial charge in [-0.2, -0.15) is 13.2 Å². The van der Waals surface area contributed by atoms with Crippen molar-refractivity contribution in [3.63, 3.8) is 0 Å². The number of para-hydroxylation sites is 1. The van der Waals surface area contributed by atoms with E-state index in [4.69, 9.17) is 11.2 Å². The lowest BCUT2D eigenvalue weighted by Crippen LogP contribution is -2.36. The van der Waals surface area contributed by atoms with E-state index in [-0.39, 0.29) is 36.4 Å². The molecule has 0 bridgehead atoms. The number of hydrogen-bond acceptors (Lipinski definition) is 3. The maximum atomic E-state index is 13.5. The fourth-order valence-electron chi connectivity index (χ4n) is 3.99. The van der Waals surface area contributed by atoms with E-state index >= 15 is 0 Å². The fraction of sp³-hybridized carbons (Fsp3) is 0.481. The van der Waals surface area contributed by atoms with Gasteiger partial charge in [-0.25, -0.2) is 0 Å². The van der Waals surface area contributed by atoms with Crippen LogP contribution in [0.2, 0.25) is 0 Å². The van der Waals surface area contributed by atoms with Crippen LogP contribution < -0.4 is 4.74 Å². The lowest BCUT2D eigenvalue weighted by atomic mass is 9.94. The Labute approximate surface area is 205 Å². The Morgan fingerprint density at radius 1 is 1.09 bits per heavy atom. The molecule has 1 amide bonds. The summed E-state index contributed by atoms with van der Waals surface area (Å²) in [5, 5.41) is 8.72. The third-order valence-corrected chi connectivity index (χ3v) is 6.26. The molecule has 190 valence electrons. The molecule has 1 N–H and O–H groups in total. The highest BCUT2D eigenvalue weighted by Gasteiger charge is 2.64. The van der Waals surface area contributed by atoms with Gasteiger partial charge in [-0.15, -0.1) is 0 Å². The number of rotatable bonds is 12. The number of carboxylic acid groups (broad SMARTS) is 1. The number of carboxylic acids is 1. The van der Waals surface area contributed by atoms with Crippen LogP contribution in [-0.4, -0.2) is 40.7 Å². The molecule has 5 nitrogen and oxygen atoms in total. The van der Waals surface area contributed by atoms with Gasteiger partial charge in [0.05, 0.1) is 13.4 Å². The maximum Gasteiger partial charge on any atom is 0.398 e. The number of aliphatic carboxylic acids is 1. The zero-order valence-electron chi connectivity index (χ0n) is 21.0.